The number of hydrogen-bond donors (Lipinski definition) is 0. The first-order valence-corrected chi connectivity index (χ1v) is 8.33. The summed E-state index contributed by atoms with van der Waals surface area (Å²) < 4.78 is 4.84. The summed E-state index contributed by atoms with van der Waals surface area (Å²) in [6.07, 6.45) is 3.12. The van der Waals surface area contributed by atoms with E-state index in [9.17, 15) is 9.59 Å². The van der Waals surface area contributed by atoms with Crippen LogP contribution in [0, 0.1) is 6.92 Å². The van der Waals surface area contributed by atoms with Gasteiger partial charge in [-0.2, -0.15) is 0 Å². The first-order chi connectivity index (χ1) is 12.0. The van der Waals surface area contributed by atoms with Crippen molar-refractivity contribution in [3.05, 3.63) is 47.5 Å². The number of carbonyl (C=O) groups is 2. The quantitative estimate of drug-likeness (QED) is 0.476. The van der Waals surface area contributed by atoms with Crippen LogP contribution in [0.25, 0.3) is 11.1 Å². The van der Waals surface area contributed by atoms with E-state index in [1.165, 1.54) is 4.90 Å². The molecule has 1 aliphatic heterocycles. The lowest BCUT2D eigenvalue weighted by Gasteiger charge is -2.15. The van der Waals surface area contributed by atoms with Gasteiger partial charge in [0.25, 0.3) is 0 Å². The van der Waals surface area contributed by atoms with Crippen molar-refractivity contribution in [1.29, 1.82) is 0 Å². The molecule has 0 N–H and O–H groups in total. The molecule has 1 aliphatic rings. The Morgan fingerprint density at radius 3 is 2.88 bits per heavy atom. The number of rotatable bonds is 4. The Bertz CT molecular complexity index is 852. The molecule has 2 aromatic rings. The first kappa shape index (κ1) is 17.2. The van der Waals surface area contributed by atoms with Gasteiger partial charge in [0.2, 0.25) is 5.91 Å². The first-order valence-electron chi connectivity index (χ1n) is 7.92. The predicted octanol–water partition coefficient (Wildman–Crippen LogP) is 2.42. The van der Waals surface area contributed by atoms with Crippen LogP contribution in [-0.4, -0.2) is 38.3 Å². The molecule has 0 unspecified atom stereocenters. The van der Waals surface area contributed by atoms with Crippen molar-refractivity contribution in [3.63, 3.8) is 0 Å². The topological polar surface area (TPSA) is 72.4 Å². The van der Waals surface area contributed by atoms with Gasteiger partial charge in [-0.25, -0.2) is 0 Å². The van der Waals surface area contributed by atoms with Gasteiger partial charge in [0.15, 0.2) is 0 Å². The van der Waals surface area contributed by atoms with Gasteiger partial charge in [0, 0.05) is 29.2 Å². The lowest BCUT2D eigenvalue weighted by molar-refractivity contribution is -0.147. The van der Waals surface area contributed by atoms with Crippen LogP contribution in [0.5, 0.6) is 0 Å². The molecule has 128 valence electrons. The summed E-state index contributed by atoms with van der Waals surface area (Å²) >= 11 is 5.51. The number of nitrogens with zero attached hydrogens (tertiary/aromatic N) is 3. The maximum absolute atomic E-state index is 12.4. The van der Waals surface area contributed by atoms with E-state index in [1.54, 1.807) is 19.3 Å². The van der Waals surface area contributed by atoms with Crippen LogP contribution in [0.3, 0.4) is 0 Å². The molecule has 0 radical (unpaired) electrons. The minimum Gasteiger partial charge on any atom is -0.466 e. The van der Waals surface area contributed by atoms with Crippen molar-refractivity contribution in [3.8, 4) is 11.1 Å². The molecule has 0 saturated heterocycles. The lowest BCUT2D eigenvalue weighted by atomic mass is 10.0. The van der Waals surface area contributed by atoms with Crippen molar-refractivity contribution in [2.24, 2.45) is 0 Å². The maximum atomic E-state index is 12.4. The highest BCUT2D eigenvalue weighted by atomic mass is 32.1. The molecule has 2 aromatic heterocycles. The zero-order chi connectivity index (χ0) is 18.0. The number of esters is 1. The number of carbonyl (C=O) groups excluding carboxylic acids is 2. The standard InChI is InChI=1S/C18H17N3O3S/c1-3-24-16(23)8-15(22)21-10-14-17(18(21)25)13(7-11(2)20-14)12-5-4-6-19-9-12/h4-7,9H,3,8,10H2,1-2H3. The van der Waals surface area contributed by atoms with Gasteiger partial charge in [-0.05, 0) is 31.5 Å². The highest BCUT2D eigenvalue weighted by Gasteiger charge is 2.33. The second-order valence-electron chi connectivity index (χ2n) is 5.64. The van der Waals surface area contributed by atoms with Crippen molar-refractivity contribution in [2.75, 3.05) is 6.61 Å². The average Bonchev–Trinajstić information content (AvgIpc) is 2.92. The summed E-state index contributed by atoms with van der Waals surface area (Å²) in [5.74, 6) is -0.931. The summed E-state index contributed by atoms with van der Waals surface area (Å²) in [5.41, 5.74) is 4.13. The molecule has 3 heterocycles. The van der Waals surface area contributed by atoms with Crippen LogP contribution in [0.15, 0.2) is 30.6 Å². The van der Waals surface area contributed by atoms with E-state index in [2.05, 4.69) is 9.97 Å². The van der Waals surface area contributed by atoms with Crippen molar-refractivity contribution >= 4 is 29.1 Å². The van der Waals surface area contributed by atoms with E-state index < -0.39 is 5.97 Å². The van der Waals surface area contributed by atoms with Gasteiger partial charge < -0.3 is 4.74 Å². The molecule has 0 fully saturated rings. The van der Waals surface area contributed by atoms with Crippen LogP contribution < -0.4 is 0 Å². The Hall–Kier alpha value is -2.67. The number of fused-ring (bicyclic) bond motifs is 1. The van der Waals surface area contributed by atoms with Crippen molar-refractivity contribution in [2.45, 2.75) is 26.8 Å². The average molecular weight is 355 g/mol. The Balaban J connectivity index is 1.94. The molecule has 7 heteroatoms. The van der Waals surface area contributed by atoms with Crippen LogP contribution in [0.2, 0.25) is 0 Å². The molecule has 0 aliphatic carbocycles. The van der Waals surface area contributed by atoms with E-state index in [0.717, 1.165) is 28.1 Å². The molecule has 0 bridgehead atoms. The molecule has 3 rings (SSSR count). The third kappa shape index (κ3) is 3.41. The van der Waals surface area contributed by atoms with Crippen LogP contribution in [0.1, 0.15) is 30.3 Å². The van der Waals surface area contributed by atoms with Crippen LogP contribution in [-0.2, 0) is 20.9 Å². The zero-order valence-electron chi connectivity index (χ0n) is 14.0. The lowest BCUT2D eigenvalue weighted by Crippen LogP contribution is -2.32. The maximum Gasteiger partial charge on any atom is 0.315 e. The van der Waals surface area contributed by atoms with Crippen LogP contribution in [0.4, 0.5) is 0 Å². The fourth-order valence-corrected chi connectivity index (χ4v) is 3.22. The minimum atomic E-state index is -0.553. The number of amides is 1. The molecular formula is C18H17N3O3S. The van der Waals surface area contributed by atoms with E-state index in [-0.39, 0.29) is 25.5 Å². The molecule has 0 spiro atoms. The van der Waals surface area contributed by atoms with Gasteiger partial charge in [-0.15, -0.1) is 0 Å². The van der Waals surface area contributed by atoms with E-state index >= 15 is 0 Å². The third-order valence-corrected chi connectivity index (χ3v) is 4.29. The molecule has 1 amide bonds. The molecule has 0 atom stereocenters. The highest BCUT2D eigenvalue weighted by Crippen LogP contribution is 2.33. The number of aryl methyl sites for hydroxylation is 1. The smallest absolute Gasteiger partial charge is 0.315 e. The summed E-state index contributed by atoms with van der Waals surface area (Å²) in [6, 6.07) is 5.72. The van der Waals surface area contributed by atoms with Gasteiger partial charge in [0.05, 0.1) is 18.8 Å². The van der Waals surface area contributed by atoms with Gasteiger partial charge >= 0.3 is 5.97 Å². The highest BCUT2D eigenvalue weighted by molar-refractivity contribution is 7.80. The monoisotopic (exact) mass is 355 g/mol. The number of aromatic nitrogens is 2. The Morgan fingerprint density at radius 1 is 1.40 bits per heavy atom. The Morgan fingerprint density at radius 2 is 2.20 bits per heavy atom. The van der Waals surface area contributed by atoms with E-state index in [4.69, 9.17) is 17.0 Å². The number of ether oxygens (including phenoxy) is 1. The Labute approximate surface area is 150 Å². The van der Waals surface area contributed by atoms with E-state index in [0.29, 0.717) is 4.99 Å². The molecular weight excluding hydrogens is 338 g/mol. The molecule has 0 saturated carbocycles. The van der Waals surface area contributed by atoms with Crippen molar-refractivity contribution in [1.82, 2.24) is 14.9 Å². The second-order valence-corrected chi connectivity index (χ2v) is 6.03. The minimum absolute atomic E-state index is 0.239. The SMILES string of the molecule is CCOC(=O)CC(=O)N1Cc2nc(C)cc(-c3cccnc3)c2C1=S. The second kappa shape index (κ2) is 7.06. The summed E-state index contributed by atoms with van der Waals surface area (Å²) in [5, 5.41) is 0. The summed E-state index contributed by atoms with van der Waals surface area (Å²) in [7, 11) is 0. The van der Waals surface area contributed by atoms with Gasteiger partial charge in [-0.1, -0.05) is 18.3 Å². The zero-order valence-corrected chi connectivity index (χ0v) is 14.8. The number of thiocarbonyl (C=S) groups is 1. The molecule has 25 heavy (non-hydrogen) atoms. The van der Waals surface area contributed by atoms with Crippen LogP contribution >= 0.6 is 12.2 Å². The normalized spacial score (nSPS) is 12.9. The number of pyridine rings is 2. The molecule has 0 aromatic carbocycles. The molecule has 6 nitrogen and oxygen atoms in total. The van der Waals surface area contributed by atoms with Gasteiger partial charge in [0.1, 0.15) is 11.4 Å². The summed E-state index contributed by atoms with van der Waals surface area (Å²) in [6.45, 7) is 4.10. The van der Waals surface area contributed by atoms with Crippen molar-refractivity contribution < 1.29 is 14.3 Å². The third-order valence-electron chi connectivity index (χ3n) is 3.86. The summed E-state index contributed by atoms with van der Waals surface area (Å²) in [4.78, 5) is 34.5. The number of hydrogen-bond acceptors (Lipinski definition) is 6. The fourth-order valence-electron chi connectivity index (χ4n) is 2.83. The predicted molar refractivity (Wildman–Crippen MR) is 95.7 cm³/mol. The Kier molecular flexibility index (Phi) is 4.85. The fraction of sp³-hybridized carbons (Fsp3) is 0.278. The van der Waals surface area contributed by atoms with E-state index in [1.807, 2.05) is 25.1 Å². The van der Waals surface area contributed by atoms with Gasteiger partial charge in [-0.3, -0.25) is 24.5 Å². The largest absolute Gasteiger partial charge is 0.466 e.